The minimum Gasteiger partial charge on any atom is -0.368 e. The van der Waals surface area contributed by atoms with E-state index in [1.165, 1.54) is 0 Å². The molecule has 0 saturated carbocycles. The summed E-state index contributed by atoms with van der Waals surface area (Å²) in [5.41, 5.74) is 10.7. The Hall–Kier alpha value is -1.95. The van der Waals surface area contributed by atoms with Crippen LogP contribution in [0.4, 0.5) is 14.7 Å². The molecular formula is C20H25F2N3S. The molecule has 0 aliphatic heterocycles. The second-order valence-corrected chi connectivity index (χ2v) is 7.40. The molecule has 1 heterocycles. The Morgan fingerprint density at radius 3 is 2.62 bits per heavy atom. The maximum absolute atomic E-state index is 12.7. The molecule has 0 atom stereocenters. The van der Waals surface area contributed by atoms with E-state index in [9.17, 15) is 8.78 Å². The maximum atomic E-state index is 12.7. The summed E-state index contributed by atoms with van der Waals surface area (Å²) in [6, 6.07) is 5.50. The number of aromatic nitrogens is 2. The number of benzene rings is 1. The summed E-state index contributed by atoms with van der Waals surface area (Å²) < 4.78 is 25.5. The summed E-state index contributed by atoms with van der Waals surface area (Å²) >= 11 is 0.569. The van der Waals surface area contributed by atoms with Crippen LogP contribution in [0.15, 0.2) is 35.4 Å². The largest absolute Gasteiger partial charge is 0.368 e. The zero-order chi connectivity index (χ0) is 19.3. The first-order chi connectivity index (χ1) is 12.4. The Morgan fingerprint density at radius 1 is 1.31 bits per heavy atom. The molecule has 0 bridgehead atoms. The molecule has 1 aromatic carbocycles. The number of alkyl halides is 2. The van der Waals surface area contributed by atoms with Gasteiger partial charge in [0, 0.05) is 16.7 Å². The van der Waals surface area contributed by atoms with E-state index < -0.39 is 5.76 Å². The van der Waals surface area contributed by atoms with E-state index in [2.05, 4.69) is 30.7 Å². The van der Waals surface area contributed by atoms with Crippen molar-refractivity contribution in [2.24, 2.45) is 0 Å². The number of thioether (sulfide) groups is 1. The molecule has 26 heavy (non-hydrogen) atoms. The lowest BCUT2D eigenvalue weighted by Gasteiger charge is -2.19. The highest BCUT2D eigenvalue weighted by Gasteiger charge is 2.18. The van der Waals surface area contributed by atoms with Crippen LogP contribution in [-0.2, 0) is 6.42 Å². The third kappa shape index (κ3) is 4.81. The first kappa shape index (κ1) is 20.4. The normalized spacial score (nSPS) is 12.2. The highest BCUT2D eigenvalue weighted by atomic mass is 32.2. The van der Waals surface area contributed by atoms with Crippen molar-refractivity contribution in [2.45, 2.75) is 57.1 Å². The molecule has 2 rings (SSSR count). The summed E-state index contributed by atoms with van der Waals surface area (Å²) in [4.78, 5) is 9.18. The summed E-state index contributed by atoms with van der Waals surface area (Å²) in [7, 11) is 0. The lowest BCUT2D eigenvalue weighted by Crippen LogP contribution is -2.06. The Morgan fingerprint density at radius 2 is 2.04 bits per heavy atom. The standard InChI is InChI=1S/C20H25F2N3S/c1-5-7-13-11-24-20(23)25-18(13)15(6-2)16-9-8-14(26-19(21)22)10-17(16)12(3)4/h6,8-12,19H,5,7H2,1-4H3,(H2,23,24,25)/b15-6+. The third-order valence-electron chi connectivity index (χ3n) is 4.11. The quantitative estimate of drug-likeness (QED) is 0.610. The van der Waals surface area contributed by atoms with Gasteiger partial charge in [0.2, 0.25) is 5.95 Å². The molecule has 0 aliphatic rings. The minimum atomic E-state index is -2.43. The molecule has 0 saturated heterocycles. The number of allylic oxidation sites excluding steroid dienone is 1. The van der Waals surface area contributed by atoms with E-state index in [0.717, 1.165) is 40.8 Å². The van der Waals surface area contributed by atoms with Crippen molar-refractivity contribution in [3.63, 3.8) is 0 Å². The van der Waals surface area contributed by atoms with Crippen molar-refractivity contribution < 1.29 is 8.78 Å². The highest BCUT2D eigenvalue weighted by Crippen LogP contribution is 2.35. The van der Waals surface area contributed by atoms with Gasteiger partial charge in [0.05, 0.1) is 5.69 Å². The summed E-state index contributed by atoms with van der Waals surface area (Å²) in [5.74, 6) is -2.01. The number of anilines is 1. The predicted octanol–water partition coefficient (Wildman–Crippen LogP) is 5.90. The Balaban J connectivity index is 2.59. The van der Waals surface area contributed by atoms with Crippen LogP contribution in [0.3, 0.4) is 0 Å². The zero-order valence-electron chi connectivity index (χ0n) is 15.6. The predicted molar refractivity (Wildman–Crippen MR) is 106 cm³/mol. The lowest BCUT2D eigenvalue weighted by molar-refractivity contribution is 0.252. The number of hydrogen-bond donors (Lipinski definition) is 1. The van der Waals surface area contributed by atoms with Crippen LogP contribution in [0, 0.1) is 0 Å². The third-order valence-corrected chi connectivity index (χ3v) is 4.81. The number of aryl methyl sites for hydroxylation is 1. The van der Waals surface area contributed by atoms with Gasteiger partial charge in [0.1, 0.15) is 0 Å². The molecule has 2 aromatic rings. The van der Waals surface area contributed by atoms with Crippen LogP contribution in [0.1, 0.15) is 62.4 Å². The number of nitrogen functional groups attached to an aromatic ring is 1. The van der Waals surface area contributed by atoms with E-state index in [4.69, 9.17) is 5.73 Å². The van der Waals surface area contributed by atoms with Crippen LogP contribution in [-0.4, -0.2) is 15.7 Å². The second-order valence-electron chi connectivity index (χ2n) is 6.34. The van der Waals surface area contributed by atoms with Crippen LogP contribution >= 0.6 is 11.8 Å². The van der Waals surface area contributed by atoms with Gasteiger partial charge < -0.3 is 5.73 Å². The SMILES string of the molecule is C/C=C(\c1ccc(SC(F)F)cc1C(C)C)c1nc(N)ncc1CCC. The monoisotopic (exact) mass is 377 g/mol. The number of nitrogens with two attached hydrogens (primary N) is 1. The van der Waals surface area contributed by atoms with Gasteiger partial charge in [0.25, 0.3) is 5.76 Å². The topological polar surface area (TPSA) is 51.8 Å². The van der Waals surface area contributed by atoms with Crippen LogP contribution in [0.25, 0.3) is 5.57 Å². The Labute approximate surface area is 158 Å². The first-order valence-corrected chi connectivity index (χ1v) is 9.62. The lowest BCUT2D eigenvalue weighted by atomic mass is 9.89. The molecule has 0 amide bonds. The van der Waals surface area contributed by atoms with Crippen LogP contribution < -0.4 is 5.73 Å². The van der Waals surface area contributed by atoms with Crippen LogP contribution in [0.2, 0.25) is 0 Å². The van der Waals surface area contributed by atoms with Crippen molar-refractivity contribution in [2.75, 3.05) is 5.73 Å². The fourth-order valence-corrected chi connectivity index (χ4v) is 3.51. The van der Waals surface area contributed by atoms with Crippen LogP contribution in [0.5, 0.6) is 0 Å². The number of halogens is 2. The van der Waals surface area contributed by atoms with Crippen molar-refractivity contribution in [3.05, 3.63) is 52.9 Å². The molecule has 0 fully saturated rings. The molecule has 140 valence electrons. The van der Waals surface area contributed by atoms with Gasteiger partial charge in [-0.25, -0.2) is 9.97 Å². The van der Waals surface area contributed by atoms with E-state index in [1.807, 2.05) is 25.1 Å². The molecule has 2 N–H and O–H groups in total. The molecule has 1 aromatic heterocycles. The minimum absolute atomic E-state index is 0.187. The number of nitrogens with zero attached hydrogens (tertiary/aromatic N) is 2. The smallest absolute Gasteiger partial charge is 0.288 e. The first-order valence-electron chi connectivity index (χ1n) is 8.74. The van der Waals surface area contributed by atoms with E-state index in [1.54, 1.807) is 12.3 Å². The van der Waals surface area contributed by atoms with Crippen molar-refractivity contribution in [1.29, 1.82) is 0 Å². The van der Waals surface area contributed by atoms with Gasteiger partial charge in [0.15, 0.2) is 0 Å². The number of rotatable bonds is 7. The zero-order valence-corrected chi connectivity index (χ0v) is 16.4. The van der Waals surface area contributed by atoms with E-state index >= 15 is 0 Å². The molecular weight excluding hydrogens is 352 g/mol. The maximum Gasteiger partial charge on any atom is 0.288 e. The van der Waals surface area contributed by atoms with Gasteiger partial charge >= 0.3 is 0 Å². The van der Waals surface area contributed by atoms with Crippen molar-refractivity contribution in [3.8, 4) is 0 Å². The Bertz CT molecular complexity index is 789. The summed E-state index contributed by atoms with van der Waals surface area (Å²) in [6.45, 7) is 8.18. The van der Waals surface area contributed by atoms with Gasteiger partial charge in [-0.3, -0.25) is 0 Å². The molecule has 0 radical (unpaired) electrons. The molecule has 0 aliphatic carbocycles. The molecule has 0 unspecified atom stereocenters. The second kappa shape index (κ2) is 9.12. The Kier molecular flexibility index (Phi) is 7.14. The number of hydrogen-bond acceptors (Lipinski definition) is 4. The van der Waals surface area contributed by atoms with Gasteiger partial charge in [-0.15, -0.1) is 0 Å². The van der Waals surface area contributed by atoms with Gasteiger partial charge in [-0.1, -0.05) is 51.1 Å². The van der Waals surface area contributed by atoms with E-state index in [0.29, 0.717) is 16.7 Å². The fourth-order valence-electron chi connectivity index (χ4n) is 2.97. The molecule has 0 spiro atoms. The summed E-state index contributed by atoms with van der Waals surface area (Å²) in [5, 5.41) is 0. The molecule has 3 nitrogen and oxygen atoms in total. The summed E-state index contributed by atoms with van der Waals surface area (Å²) in [6.07, 6.45) is 5.60. The fraction of sp³-hybridized carbons (Fsp3) is 0.400. The van der Waals surface area contributed by atoms with Gasteiger partial charge in [-0.05, 0) is 48.1 Å². The highest BCUT2D eigenvalue weighted by molar-refractivity contribution is 7.99. The van der Waals surface area contributed by atoms with Gasteiger partial charge in [-0.2, -0.15) is 8.78 Å². The van der Waals surface area contributed by atoms with Crippen molar-refractivity contribution in [1.82, 2.24) is 9.97 Å². The van der Waals surface area contributed by atoms with Crippen molar-refractivity contribution >= 4 is 23.3 Å². The average molecular weight is 378 g/mol. The van der Waals surface area contributed by atoms with E-state index in [-0.39, 0.29) is 11.9 Å². The molecule has 6 heteroatoms. The average Bonchev–Trinajstić information content (AvgIpc) is 2.58.